The van der Waals surface area contributed by atoms with E-state index in [-0.39, 0.29) is 11.7 Å². The molecule has 25 heavy (non-hydrogen) atoms. The van der Waals surface area contributed by atoms with E-state index >= 15 is 0 Å². The third kappa shape index (κ3) is 3.79. The van der Waals surface area contributed by atoms with Crippen molar-refractivity contribution in [3.05, 3.63) is 36.0 Å². The summed E-state index contributed by atoms with van der Waals surface area (Å²) in [6, 6.07) is 7.19. The Bertz CT molecular complexity index is 790. The number of carbonyl (C=O) groups excluding carboxylic acids is 1. The number of hydrogen-bond donors (Lipinski definition) is 2. The molecule has 2 heterocycles. The lowest BCUT2D eigenvalue weighted by molar-refractivity contribution is -0.144. The van der Waals surface area contributed by atoms with E-state index in [2.05, 4.69) is 10.3 Å². The fourth-order valence-corrected chi connectivity index (χ4v) is 3.49. The first-order valence-electron chi connectivity index (χ1n) is 8.49. The van der Waals surface area contributed by atoms with Gasteiger partial charge in [-0.2, -0.15) is 0 Å². The SMILES string of the molecule is COc1ccc2nccc(C(=O)CCC3CCNC[C@@H]3C(=O)O)c2c1. The lowest BCUT2D eigenvalue weighted by atomic mass is 9.82. The van der Waals surface area contributed by atoms with Gasteiger partial charge in [-0.15, -0.1) is 0 Å². The summed E-state index contributed by atoms with van der Waals surface area (Å²) in [5, 5.41) is 13.2. The number of methoxy groups -OCH3 is 1. The number of aromatic nitrogens is 1. The van der Waals surface area contributed by atoms with Crippen LogP contribution >= 0.6 is 0 Å². The highest BCUT2D eigenvalue weighted by Crippen LogP contribution is 2.27. The smallest absolute Gasteiger partial charge is 0.308 e. The van der Waals surface area contributed by atoms with Crippen molar-refractivity contribution in [2.24, 2.45) is 11.8 Å². The third-order valence-corrected chi connectivity index (χ3v) is 4.93. The predicted molar refractivity (Wildman–Crippen MR) is 94.0 cm³/mol. The van der Waals surface area contributed by atoms with Crippen LogP contribution in [0.2, 0.25) is 0 Å². The lowest BCUT2D eigenvalue weighted by Gasteiger charge is -2.29. The van der Waals surface area contributed by atoms with Crippen LogP contribution in [0.25, 0.3) is 10.9 Å². The van der Waals surface area contributed by atoms with Gasteiger partial charge in [0, 0.05) is 30.1 Å². The largest absolute Gasteiger partial charge is 0.497 e. The summed E-state index contributed by atoms with van der Waals surface area (Å²) >= 11 is 0. The molecule has 2 aromatic rings. The number of carboxylic acids is 1. The van der Waals surface area contributed by atoms with Crippen molar-refractivity contribution in [3.63, 3.8) is 0 Å². The molecule has 1 saturated heterocycles. The molecular weight excluding hydrogens is 320 g/mol. The second-order valence-electron chi connectivity index (χ2n) is 6.40. The highest BCUT2D eigenvalue weighted by atomic mass is 16.5. The molecule has 0 saturated carbocycles. The minimum absolute atomic E-state index is 0.0170. The normalized spacial score (nSPS) is 20.4. The molecule has 2 N–H and O–H groups in total. The van der Waals surface area contributed by atoms with Crippen molar-refractivity contribution in [2.75, 3.05) is 20.2 Å². The summed E-state index contributed by atoms with van der Waals surface area (Å²) in [7, 11) is 1.59. The first kappa shape index (κ1) is 17.4. The lowest BCUT2D eigenvalue weighted by Crippen LogP contribution is -2.41. The second kappa shape index (κ2) is 7.61. The van der Waals surface area contributed by atoms with Gasteiger partial charge in [-0.1, -0.05) is 0 Å². The van der Waals surface area contributed by atoms with Gasteiger partial charge < -0.3 is 15.2 Å². The Morgan fingerprint density at radius 1 is 1.36 bits per heavy atom. The monoisotopic (exact) mass is 342 g/mol. The minimum Gasteiger partial charge on any atom is -0.497 e. The molecular formula is C19H22N2O4. The zero-order chi connectivity index (χ0) is 17.8. The zero-order valence-corrected chi connectivity index (χ0v) is 14.2. The maximum absolute atomic E-state index is 12.7. The molecule has 6 nitrogen and oxygen atoms in total. The molecule has 132 valence electrons. The summed E-state index contributed by atoms with van der Waals surface area (Å²) < 4.78 is 5.24. The Kier molecular flexibility index (Phi) is 5.28. The van der Waals surface area contributed by atoms with Crippen LogP contribution in [0.15, 0.2) is 30.5 Å². The molecule has 1 aromatic heterocycles. The van der Waals surface area contributed by atoms with Gasteiger partial charge in [0.05, 0.1) is 18.5 Å². The molecule has 0 amide bonds. The number of rotatable bonds is 6. The Balaban J connectivity index is 1.77. The van der Waals surface area contributed by atoms with Crippen LogP contribution in [0.4, 0.5) is 0 Å². The summed E-state index contributed by atoms with van der Waals surface area (Å²) in [5.41, 5.74) is 1.36. The van der Waals surface area contributed by atoms with Crippen molar-refractivity contribution in [3.8, 4) is 5.75 Å². The molecule has 1 unspecified atom stereocenters. The Labute approximate surface area is 146 Å². The number of carbonyl (C=O) groups is 2. The fourth-order valence-electron chi connectivity index (χ4n) is 3.49. The van der Waals surface area contributed by atoms with Crippen molar-refractivity contribution in [1.29, 1.82) is 0 Å². The number of Topliss-reactive ketones (excluding diaryl/α,β-unsaturated/α-hetero) is 1. The van der Waals surface area contributed by atoms with E-state index in [1.807, 2.05) is 18.2 Å². The summed E-state index contributed by atoms with van der Waals surface area (Å²) in [6.45, 7) is 1.28. The molecule has 0 spiro atoms. The van der Waals surface area contributed by atoms with E-state index in [0.717, 1.165) is 23.9 Å². The van der Waals surface area contributed by atoms with Gasteiger partial charge in [0.25, 0.3) is 0 Å². The second-order valence-corrected chi connectivity index (χ2v) is 6.40. The van der Waals surface area contributed by atoms with Crippen LogP contribution in [0, 0.1) is 11.8 Å². The maximum atomic E-state index is 12.7. The number of ketones is 1. The van der Waals surface area contributed by atoms with E-state index in [1.165, 1.54) is 0 Å². The molecule has 6 heteroatoms. The number of fused-ring (bicyclic) bond motifs is 1. The standard InChI is InChI=1S/C19H22N2O4/c1-25-13-3-4-17-15(10-13)14(7-9-21-17)18(22)5-2-12-6-8-20-11-16(12)19(23)24/h3-4,7,9-10,12,16,20H,2,5-6,8,11H2,1H3,(H,23,24)/t12?,16-/m0/s1. The molecule has 1 aliphatic heterocycles. The van der Waals surface area contributed by atoms with Crippen LogP contribution in [0.1, 0.15) is 29.6 Å². The number of carboxylic acid groups (broad SMARTS) is 1. The summed E-state index contributed by atoms with van der Waals surface area (Å²) in [4.78, 5) is 28.4. The average molecular weight is 342 g/mol. The zero-order valence-electron chi connectivity index (χ0n) is 14.2. The van der Waals surface area contributed by atoms with Crippen molar-refractivity contribution < 1.29 is 19.4 Å². The third-order valence-electron chi connectivity index (χ3n) is 4.93. The van der Waals surface area contributed by atoms with Gasteiger partial charge in [0.1, 0.15) is 5.75 Å². The molecule has 3 rings (SSSR count). The molecule has 0 aliphatic carbocycles. The number of benzene rings is 1. The van der Waals surface area contributed by atoms with E-state index < -0.39 is 11.9 Å². The topological polar surface area (TPSA) is 88.5 Å². The van der Waals surface area contributed by atoms with Crippen LogP contribution in [0.3, 0.4) is 0 Å². The Hall–Kier alpha value is -2.47. The minimum atomic E-state index is -0.788. The maximum Gasteiger partial charge on any atom is 0.308 e. The molecule has 1 aliphatic rings. The summed E-state index contributed by atoms with van der Waals surface area (Å²) in [6.07, 6.45) is 3.35. The molecule has 1 fully saturated rings. The Morgan fingerprint density at radius 3 is 2.96 bits per heavy atom. The number of ether oxygens (including phenoxy) is 1. The number of nitrogens with one attached hydrogen (secondary N) is 1. The van der Waals surface area contributed by atoms with E-state index in [9.17, 15) is 14.7 Å². The van der Waals surface area contributed by atoms with Crippen molar-refractivity contribution >= 4 is 22.7 Å². The fraction of sp³-hybridized carbons (Fsp3) is 0.421. The van der Waals surface area contributed by atoms with Crippen LogP contribution in [-0.2, 0) is 4.79 Å². The predicted octanol–water partition coefficient (Wildman–Crippen LogP) is 2.52. The van der Waals surface area contributed by atoms with Gasteiger partial charge in [-0.3, -0.25) is 14.6 Å². The quantitative estimate of drug-likeness (QED) is 0.784. The molecule has 2 atom stereocenters. The molecule has 0 radical (unpaired) electrons. The number of piperidine rings is 1. The van der Waals surface area contributed by atoms with Crippen LogP contribution in [-0.4, -0.2) is 42.0 Å². The number of hydrogen-bond acceptors (Lipinski definition) is 5. The Morgan fingerprint density at radius 2 is 2.20 bits per heavy atom. The van der Waals surface area contributed by atoms with Gasteiger partial charge in [0.2, 0.25) is 0 Å². The van der Waals surface area contributed by atoms with Crippen LogP contribution in [0.5, 0.6) is 5.75 Å². The van der Waals surface area contributed by atoms with Gasteiger partial charge >= 0.3 is 5.97 Å². The highest BCUT2D eigenvalue weighted by Gasteiger charge is 2.30. The van der Waals surface area contributed by atoms with E-state index in [1.54, 1.807) is 19.4 Å². The van der Waals surface area contributed by atoms with E-state index in [0.29, 0.717) is 30.7 Å². The first-order valence-corrected chi connectivity index (χ1v) is 8.49. The van der Waals surface area contributed by atoms with Crippen molar-refractivity contribution in [1.82, 2.24) is 10.3 Å². The van der Waals surface area contributed by atoms with Gasteiger partial charge in [0.15, 0.2) is 5.78 Å². The number of aliphatic carboxylic acids is 1. The number of pyridine rings is 1. The van der Waals surface area contributed by atoms with Gasteiger partial charge in [-0.25, -0.2) is 0 Å². The van der Waals surface area contributed by atoms with E-state index in [4.69, 9.17) is 4.74 Å². The van der Waals surface area contributed by atoms with Crippen LogP contribution < -0.4 is 10.1 Å². The highest BCUT2D eigenvalue weighted by molar-refractivity contribution is 6.07. The average Bonchev–Trinajstić information content (AvgIpc) is 2.65. The van der Waals surface area contributed by atoms with Crippen molar-refractivity contribution in [2.45, 2.75) is 19.3 Å². The molecule has 0 bridgehead atoms. The summed E-state index contributed by atoms with van der Waals surface area (Å²) in [5.74, 6) is -0.480. The van der Waals surface area contributed by atoms with Gasteiger partial charge in [-0.05, 0) is 49.6 Å². The molecule has 1 aromatic carbocycles. The number of nitrogens with zero attached hydrogens (tertiary/aromatic N) is 1. The first-order chi connectivity index (χ1) is 12.1.